The van der Waals surface area contributed by atoms with Gasteiger partial charge in [0.15, 0.2) is 11.9 Å². The largest absolute Gasteiger partial charge is 0.460 e. The molecule has 29 heavy (non-hydrogen) atoms. The van der Waals surface area contributed by atoms with Crippen LogP contribution < -0.4 is 5.32 Å². The number of carbonyl (C=O) groups is 2. The van der Waals surface area contributed by atoms with Crippen molar-refractivity contribution in [1.29, 1.82) is 0 Å². The zero-order chi connectivity index (χ0) is 20.4. The molecule has 0 aliphatic heterocycles. The summed E-state index contributed by atoms with van der Waals surface area (Å²) in [6, 6.07) is 12.9. The van der Waals surface area contributed by atoms with E-state index in [1.54, 1.807) is 13.0 Å². The summed E-state index contributed by atoms with van der Waals surface area (Å²) in [5.74, 6) is 0.526. The number of rotatable bonds is 5. The van der Waals surface area contributed by atoms with E-state index in [1.807, 2.05) is 43.3 Å². The Bertz CT molecular complexity index is 1050. The third kappa shape index (κ3) is 4.16. The molecule has 1 saturated carbocycles. The van der Waals surface area contributed by atoms with Crippen molar-refractivity contribution in [3.05, 3.63) is 53.8 Å². The van der Waals surface area contributed by atoms with Crippen LogP contribution in [0.15, 0.2) is 46.9 Å². The van der Waals surface area contributed by atoms with E-state index in [0.29, 0.717) is 27.9 Å². The summed E-state index contributed by atoms with van der Waals surface area (Å²) < 4.78 is 11.2. The van der Waals surface area contributed by atoms with Gasteiger partial charge in [0.25, 0.3) is 5.91 Å². The first-order valence-corrected chi connectivity index (χ1v) is 9.99. The Morgan fingerprint density at radius 3 is 2.66 bits per heavy atom. The fourth-order valence-corrected chi connectivity index (χ4v) is 3.71. The van der Waals surface area contributed by atoms with E-state index in [0.717, 1.165) is 31.4 Å². The van der Waals surface area contributed by atoms with Crippen molar-refractivity contribution >= 4 is 22.8 Å². The maximum atomic E-state index is 12.9. The fraction of sp³-hybridized carbons (Fsp3) is 0.348. The first-order valence-electron chi connectivity index (χ1n) is 9.99. The van der Waals surface area contributed by atoms with Gasteiger partial charge in [-0.25, -0.2) is 9.78 Å². The maximum absolute atomic E-state index is 12.9. The molecule has 0 spiro atoms. The van der Waals surface area contributed by atoms with Gasteiger partial charge < -0.3 is 14.5 Å². The molecule has 1 aliphatic rings. The number of nitrogens with one attached hydrogen (secondary N) is 1. The fourth-order valence-electron chi connectivity index (χ4n) is 3.71. The van der Waals surface area contributed by atoms with Gasteiger partial charge in [-0.2, -0.15) is 0 Å². The number of amides is 1. The number of hydrogen-bond donors (Lipinski definition) is 1. The number of carbonyl (C=O) groups excluding carboxylic acids is 2. The SMILES string of the molecule is Cc1ccc(-c2cc(C(=O)O[C@H](C)C(=O)NC3CCCC3)c3ccccc3n2)o1. The van der Waals surface area contributed by atoms with Crippen LogP contribution in [-0.2, 0) is 9.53 Å². The number of benzene rings is 1. The van der Waals surface area contributed by atoms with E-state index in [4.69, 9.17) is 9.15 Å². The lowest BCUT2D eigenvalue weighted by atomic mass is 10.1. The van der Waals surface area contributed by atoms with Gasteiger partial charge in [-0.1, -0.05) is 31.0 Å². The summed E-state index contributed by atoms with van der Waals surface area (Å²) in [5.41, 5.74) is 1.57. The normalized spacial score (nSPS) is 15.4. The molecule has 4 rings (SSSR count). The van der Waals surface area contributed by atoms with Gasteiger partial charge in [0, 0.05) is 11.4 Å². The average Bonchev–Trinajstić information content (AvgIpc) is 3.38. The Labute approximate surface area is 169 Å². The van der Waals surface area contributed by atoms with Crippen LogP contribution in [0.4, 0.5) is 0 Å². The lowest BCUT2D eigenvalue weighted by Gasteiger charge is -2.17. The average molecular weight is 392 g/mol. The first-order chi connectivity index (χ1) is 14.0. The second-order valence-electron chi connectivity index (χ2n) is 7.52. The highest BCUT2D eigenvalue weighted by atomic mass is 16.5. The Hall–Kier alpha value is -3.15. The molecule has 150 valence electrons. The standard InChI is InChI=1S/C23H24N2O4/c1-14-11-12-21(28-14)20-13-18(17-9-5-6-10-19(17)25-20)23(27)29-15(2)22(26)24-16-7-3-4-8-16/h5-6,9-13,15-16H,3-4,7-8H2,1-2H3,(H,24,26)/t15-/m1/s1. The number of esters is 1. The van der Waals surface area contributed by atoms with E-state index >= 15 is 0 Å². The van der Waals surface area contributed by atoms with Crippen LogP contribution in [-0.4, -0.2) is 29.0 Å². The third-order valence-electron chi connectivity index (χ3n) is 5.28. The number of pyridine rings is 1. The topological polar surface area (TPSA) is 81.4 Å². The highest BCUT2D eigenvalue weighted by molar-refractivity contribution is 6.05. The van der Waals surface area contributed by atoms with Crippen molar-refractivity contribution in [2.24, 2.45) is 0 Å². The molecule has 1 fully saturated rings. The minimum Gasteiger partial charge on any atom is -0.460 e. The number of fused-ring (bicyclic) bond motifs is 1. The molecule has 1 aromatic carbocycles. The van der Waals surface area contributed by atoms with Crippen LogP contribution in [0.5, 0.6) is 0 Å². The molecule has 1 atom stereocenters. The number of ether oxygens (including phenoxy) is 1. The maximum Gasteiger partial charge on any atom is 0.339 e. The summed E-state index contributed by atoms with van der Waals surface area (Å²) in [6.07, 6.45) is 3.33. The number of aryl methyl sites for hydroxylation is 1. The number of para-hydroxylation sites is 1. The predicted molar refractivity (Wildman–Crippen MR) is 109 cm³/mol. The Balaban J connectivity index is 1.59. The van der Waals surface area contributed by atoms with Crippen molar-refractivity contribution in [3.8, 4) is 11.5 Å². The molecule has 0 radical (unpaired) electrons. The van der Waals surface area contributed by atoms with E-state index in [1.165, 1.54) is 0 Å². The first kappa shape index (κ1) is 19.2. The van der Waals surface area contributed by atoms with Crippen molar-refractivity contribution in [2.75, 3.05) is 0 Å². The van der Waals surface area contributed by atoms with Crippen LogP contribution in [0.2, 0.25) is 0 Å². The van der Waals surface area contributed by atoms with Gasteiger partial charge in [-0.05, 0) is 51.0 Å². The lowest BCUT2D eigenvalue weighted by Crippen LogP contribution is -2.40. The summed E-state index contributed by atoms with van der Waals surface area (Å²) >= 11 is 0. The molecule has 3 aromatic rings. The molecule has 1 aliphatic carbocycles. The van der Waals surface area contributed by atoms with E-state index < -0.39 is 12.1 Å². The minimum atomic E-state index is -0.871. The zero-order valence-corrected chi connectivity index (χ0v) is 16.6. The number of furan rings is 1. The third-order valence-corrected chi connectivity index (χ3v) is 5.28. The van der Waals surface area contributed by atoms with Gasteiger partial charge in [-0.3, -0.25) is 4.79 Å². The lowest BCUT2D eigenvalue weighted by molar-refractivity contribution is -0.129. The van der Waals surface area contributed by atoms with Crippen LogP contribution >= 0.6 is 0 Å². The second kappa shape index (κ2) is 8.07. The molecule has 2 aromatic heterocycles. The highest BCUT2D eigenvalue weighted by Crippen LogP contribution is 2.27. The molecular weight excluding hydrogens is 368 g/mol. The Morgan fingerprint density at radius 1 is 1.17 bits per heavy atom. The van der Waals surface area contributed by atoms with E-state index in [9.17, 15) is 9.59 Å². The molecule has 1 amide bonds. The van der Waals surface area contributed by atoms with Crippen LogP contribution in [0.3, 0.4) is 0 Å². The molecule has 1 N–H and O–H groups in total. The second-order valence-corrected chi connectivity index (χ2v) is 7.52. The number of aromatic nitrogens is 1. The summed E-state index contributed by atoms with van der Waals surface area (Å²) in [4.78, 5) is 29.9. The molecular formula is C23H24N2O4. The Morgan fingerprint density at radius 2 is 1.93 bits per heavy atom. The molecule has 6 nitrogen and oxygen atoms in total. The van der Waals surface area contributed by atoms with Crippen molar-refractivity contribution in [3.63, 3.8) is 0 Å². The van der Waals surface area contributed by atoms with Crippen LogP contribution in [0.25, 0.3) is 22.4 Å². The summed E-state index contributed by atoms with van der Waals surface area (Å²) in [5, 5.41) is 3.64. The van der Waals surface area contributed by atoms with E-state index in [-0.39, 0.29) is 11.9 Å². The van der Waals surface area contributed by atoms with Gasteiger partial charge in [-0.15, -0.1) is 0 Å². The number of nitrogens with zero attached hydrogens (tertiary/aromatic N) is 1. The molecule has 0 bridgehead atoms. The molecule has 6 heteroatoms. The van der Waals surface area contributed by atoms with E-state index in [2.05, 4.69) is 10.3 Å². The smallest absolute Gasteiger partial charge is 0.339 e. The monoisotopic (exact) mass is 392 g/mol. The van der Waals surface area contributed by atoms with Gasteiger partial charge in [0.05, 0.1) is 11.1 Å². The van der Waals surface area contributed by atoms with Gasteiger partial charge in [0.1, 0.15) is 11.5 Å². The van der Waals surface area contributed by atoms with Crippen molar-refractivity contribution < 1.29 is 18.7 Å². The zero-order valence-electron chi connectivity index (χ0n) is 16.6. The highest BCUT2D eigenvalue weighted by Gasteiger charge is 2.25. The van der Waals surface area contributed by atoms with Crippen LogP contribution in [0, 0.1) is 6.92 Å². The molecule has 2 heterocycles. The molecule has 0 unspecified atom stereocenters. The summed E-state index contributed by atoms with van der Waals surface area (Å²) in [7, 11) is 0. The number of hydrogen-bond acceptors (Lipinski definition) is 5. The van der Waals surface area contributed by atoms with Crippen molar-refractivity contribution in [2.45, 2.75) is 51.7 Å². The van der Waals surface area contributed by atoms with Gasteiger partial charge >= 0.3 is 5.97 Å². The van der Waals surface area contributed by atoms with Crippen LogP contribution in [0.1, 0.15) is 48.7 Å². The summed E-state index contributed by atoms with van der Waals surface area (Å²) in [6.45, 7) is 3.45. The Kier molecular flexibility index (Phi) is 5.34. The quantitative estimate of drug-likeness (QED) is 0.651. The predicted octanol–water partition coefficient (Wildman–Crippen LogP) is 4.41. The minimum absolute atomic E-state index is 0.180. The molecule has 0 saturated heterocycles. The van der Waals surface area contributed by atoms with Gasteiger partial charge in [0.2, 0.25) is 0 Å². The van der Waals surface area contributed by atoms with Crippen molar-refractivity contribution in [1.82, 2.24) is 10.3 Å².